The van der Waals surface area contributed by atoms with E-state index < -0.39 is 0 Å². The molecule has 130 valence electrons. The third kappa shape index (κ3) is 2.75. The molecular weight excluding hydrogens is 302 g/mol. The van der Waals surface area contributed by atoms with Gasteiger partial charge in [0.1, 0.15) is 5.82 Å². The lowest BCUT2D eigenvalue weighted by atomic mass is 10.0. The smallest absolute Gasteiger partial charge is 0.165 e. The lowest BCUT2D eigenvalue weighted by Gasteiger charge is -2.23. The molecule has 2 aliphatic rings. The van der Waals surface area contributed by atoms with Gasteiger partial charge in [0.2, 0.25) is 0 Å². The molecule has 1 aliphatic carbocycles. The van der Waals surface area contributed by atoms with E-state index in [0.29, 0.717) is 6.04 Å². The zero-order valence-electron chi connectivity index (χ0n) is 14.8. The Balaban J connectivity index is 1.57. The second-order valence-electron chi connectivity index (χ2n) is 7.08. The second-order valence-corrected chi connectivity index (χ2v) is 7.08. The fourth-order valence-electron chi connectivity index (χ4n) is 4.22. The summed E-state index contributed by atoms with van der Waals surface area (Å²) >= 11 is 0. The van der Waals surface area contributed by atoms with E-state index in [1.54, 1.807) is 0 Å². The lowest BCUT2D eigenvalue weighted by molar-refractivity contribution is 0.225. The summed E-state index contributed by atoms with van der Waals surface area (Å²) in [6.07, 6.45) is 8.35. The van der Waals surface area contributed by atoms with Crippen LogP contribution in [0.5, 0.6) is 0 Å². The molecule has 0 saturated carbocycles. The van der Waals surface area contributed by atoms with E-state index >= 15 is 0 Å². The fourth-order valence-corrected chi connectivity index (χ4v) is 4.22. The van der Waals surface area contributed by atoms with Gasteiger partial charge in [0.15, 0.2) is 5.82 Å². The van der Waals surface area contributed by atoms with Gasteiger partial charge in [-0.3, -0.25) is 4.90 Å². The highest BCUT2D eigenvalue weighted by Crippen LogP contribution is 2.34. The fraction of sp³-hybridized carbons (Fsp3) is 0.765. The molecule has 7 heteroatoms. The molecule has 2 aromatic heterocycles. The van der Waals surface area contributed by atoms with Crippen molar-refractivity contribution in [2.24, 2.45) is 7.05 Å². The Morgan fingerprint density at radius 1 is 1.17 bits per heavy atom. The average molecular weight is 329 g/mol. The minimum atomic E-state index is 0.396. The third-order valence-corrected chi connectivity index (χ3v) is 5.46. The van der Waals surface area contributed by atoms with Crippen LogP contribution in [0.1, 0.15) is 68.1 Å². The zero-order valence-corrected chi connectivity index (χ0v) is 14.8. The van der Waals surface area contributed by atoms with Crippen molar-refractivity contribution in [1.82, 2.24) is 34.7 Å². The van der Waals surface area contributed by atoms with Crippen molar-refractivity contribution in [3.05, 3.63) is 23.0 Å². The first-order chi connectivity index (χ1) is 11.8. The highest BCUT2D eigenvalue weighted by molar-refractivity contribution is 5.22. The van der Waals surface area contributed by atoms with Gasteiger partial charge in [-0.15, -0.1) is 5.10 Å². The van der Waals surface area contributed by atoms with Crippen LogP contribution >= 0.6 is 0 Å². The van der Waals surface area contributed by atoms with Gasteiger partial charge in [0.05, 0.1) is 18.3 Å². The minimum Gasteiger partial charge on any atom is -0.334 e. The summed E-state index contributed by atoms with van der Waals surface area (Å²) in [6, 6.07) is 0.396. The second kappa shape index (κ2) is 6.63. The number of aryl methyl sites for hydroxylation is 2. The summed E-state index contributed by atoms with van der Waals surface area (Å²) < 4.78 is 4.31. The number of fused-ring (bicyclic) bond motifs is 1. The highest BCUT2D eigenvalue weighted by Gasteiger charge is 2.32. The van der Waals surface area contributed by atoms with E-state index in [1.807, 2.05) is 4.68 Å². The standard InChI is InChI=1S/C17H27N7/c1-3-10-24-16(19-20-21-24)12-23-11-6-9-15(23)17-18-13-7-4-5-8-14(13)22(17)2/h15H,3-12H2,1-2H3/t15-/m1/s1. The molecule has 1 fully saturated rings. The van der Waals surface area contributed by atoms with Gasteiger partial charge >= 0.3 is 0 Å². The molecule has 0 aromatic carbocycles. The Kier molecular flexibility index (Phi) is 4.35. The molecule has 0 radical (unpaired) electrons. The number of hydrogen-bond donors (Lipinski definition) is 0. The average Bonchev–Trinajstić information content (AvgIpc) is 3.29. The summed E-state index contributed by atoms with van der Waals surface area (Å²) in [5.41, 5.74) is 2.79. The molecule has 0 amide bonds. The predicted octanol–water partition coefficient (Wildman–Crippen LogP) is 2.03. The van der Waals surface area contributed by atoms with Gasteiger partial charge < -0.3 is 4.57 Å². The third-order valence-electron chi connectivity index (χ3n) is 5.46. The monoisotopic (exact) mass is 329 g/mol. The van der Waals surface area contributed by atoms with Crippen LogP contribution in [0.3, 0.4) is 0 Å². The van der Waals surface area contributed by atoms with Gasteiger partial charge in [0, 0.05) is 19.3 Å². The maximum absolute atomic E-state index is 5.03. The van der Waals surface area contributed by atoms with Crippen molar-refractivity contribution in [2.45, 2.75) is 71.0 Å². The van der Waals surface area contributed by atoms with Gasteiger partial charge in [-0.1, -0.05) is 6.92 Å². The normalized spacial score (nSPS) is 21.3. The predicted molar refractivity (Wildman–Crippen MR) is 90.3 cm³/mol. The maximum Gasteiger partial charge on any atom is 0.165 e. The maximum atomic E-state index is 5.03. The minimum absolute atomic E-state index is 0.396. The summed E-state index contributed by atoms with van der Waals surface area (Å²) in [5.74, 6) is 2.22. The summed E-state index contributed by atoms with van der Waals surface area (Å²) in [5, 5.41) is 12.2. The molecule has 0 spiro atoms. The topological polar surface area (TPSA) is 64.7 Å². The van der Waals surface area contributed by atoms with Crippen LogP contribution in [0.4, 0.5) is 0 Å². The largest absolute Gasteiger partial charge is 0.334 e. The summed E-state index contributed by atoms with van der Waals surface area (Å²) in [4.78, 5) is 7.54. The molecule has 1 aliphatic heterocycles. The SMILES string of the molecule is CCCn1nnnc1CN1CCC[C@@H]1c1nc2c(n1C)CCCC2. The van der Waals surface area contributed by atoms with Crippen LogP contribution in [0.25, 0.3) is 0 Å². The number of likely N-dealkylation sites (tertiary alicyclic amines) is 1. The molecular formula is C17H27N7. The van der Waals surface area contributed by atoms with E-state index in [2.05, 4.69) is 39.0 Å². The van der Waals surface area contributed by atoms with Crippen LogP contribution in [0, 0.1) is 0 Å². The Morgan fingerprint density at radius 2 is 2.04 bits per heavy atom. The Hall–Kier alpha value is -1.76. The molecule has 3 heterocycles. The van der Waals surface area contributed by atoms with E-state index in [9.17, 15) is 0 Å². The molecule has 0 unspecified atom stereocenters. The van der Waals surface area contributed by atoms with E-state index in [1.165, 1.54) is 49.3 Å². The van der Waals surface area contributed by atoms with Gasteiger partial charge in [0.25, 0.3) is 0 Å². The summed E-state index contributed by atoms with van der Waals surface area (Å²) in [7, 11) is 2.20. The van der Waals surface area contributed by atoms with Crippen molar-refractivity contribution in [1.29, 1.82) is 0 Å². The molecule has 0 N–H and O–H groups in total. The first kappa shape index (κ1) is 15.7. The number of hydrogen-bond acceptors (Lipinski definition) is 5. The van der Waals surface area contributed by atoms with Crippen molar-refractivity contribution < 1.29 is 0 Å². The van der Waals surface area contributed by atoms with Crippen molar-refractivity contribution in [3.8, 4) is 0 Å². The number of imidazole rings is 1. The quantitative estimate of drug-likeness (QED) is 0.840. The van der Waals surface area contributed by atoms with Crippen molar-refractivity contribution >= 4 is 0 Å². The van der Waals surface area contributed by atoms with Crippen LogP contribution in [-0.4, -0.2) is 41.2 Å². The number of nitrogens with zero attached hydrogens (tertiary/aromatic N) is 7. The Labute approximate surface area is 143 Å². The van der Waals surface area contributed by atoms with Crippen molar-refractivity contribution in [2.75, 3.05) is 6.54 Å². The Bertz CT molecular complexity index is 702. The summed E-state index contributed by atoms with van der Waals surface area (Å²) in [6.45, 7) is 4.95. The van der Waals surface area contributed by atoms with Crippen molar-refractivity contribution in [3.63, 3.8) is 0 Å². The number of tetrazole rings is 1. The number of aromatic nitrogens is 6. The molecule has 24 heavy (non-hydrogen) atoms. The first-order valence-electron chi connectivity index (χ1n) is 9.31. The molecule has 1 atom stereocenters. The van der Waals surface area contributed by atoms with Crippen LogP contribution in [0.15, 0.2) is 0 Å². The van der Waals surface area contributed by atoms with Crippen LogP contribution in [-0.2, 0) is 33.0 Å². The zero-order chi connectivity index (χ0) is 16.5. The van der Waals surface area contributed by atoms with E-state index in [-0.39, 0.29) is 0 Å². The van der Waals surface area contributed by atoms with Crippen LogP contribution in [0.2, 0.25) is 0 Å². The van der Waals surface area contributed by atoms with Gasteiger partial charge in [-0.25, -0.2) is 9.67 Å². The van der Waals surface area contributed by atoms with Gasteiger partial charge in [-0.05, 0) is 61.9 Å². The Morgan fingerprint density at radius 3 is 2.88 bits per heavy atom. The highest BCUT2D eigenvalue weighted by atomic mass is 15.5. The molecule has 0 bridgehead atoms. The number of rotatable bonds is 5. The van der Waals surface area contributed by atoms with Gasteiger partial charge in [-0.2, -0.15) is 0 Å². The molecule has 7 nitrogen and oxygen atoms in total. The van der Waals surface area contributed by atoms with Crippen LogP contribution < -0.4 is 0 Å². The molecule has 4 rings (SSSR count). The first-order valence-corrected chi connectivity index (χ1v) is 9.31. The van der Waals surface area contributed by atoms with E-state index in [0.717, 1.165) is 38.3 Å². The lowest BCUT2D eigenvalue weighted by Crippen LogP contribution is -2.27. The van der Waals surface area contributed by atoms with E-state index in [4.69, 9.17) is 4.98 Å². The molecule has 1 saturated heterocycles. The molecule has 2 aromatic rings.